The van der Waals surface area contributed by atoms with E-state index in [0.717, 1.165) is 17.3 Å². The number of amides is 2. The summed E-state index contributed by atoms with van der Waals surface area (Å²) in [5.41, 5.74) is 5.41. The van der Waals surface area contributed by atoms with Crippen LogP contribution in [0.5, 0.6) is 0 Å². The molecule has 1 aliphatic heterocycles. The highest BCUT2D eigenvalue weighted by Gasteiger charge is 2.31. The van der Waals surface area contributed by atoms with E-state index in [1.54, 1.807) is 16.2 Å². The Hall–Kier alpha value is -0.880. The van der Waals surface area contributed by atoms with Gasteiger partial charge < -0.3 is 10.6 Å². The molecule has 20 heavy (non-hydrogen) atoms. The molecule has 0 bridgehead atoms. The molecule has 2 amide bonds. The van der Waals surface area contributed by atoms with E-state index in [1.807, 2.05) is 13.0 Å². The van der Waals surface area contributed by atoms with Crippen LogP contribution in [0.1, 0.15) is 43.4 Å². The molecule has 2 atom stereocenters. The van der Waals surface area contributed by atoms with Crippen molar-refractivity contribution in [1.82, 2.24) is 4.90 Å². The van der Waals surface area contributed by atoms with Crippen LogP contribution in [0.4, 0.5) is 0 Å². The van der Waals surface area contributed by atoms with E-state index >= 15 is 0 Å². The molecule has 2 heterocycles. The van der Waals surface area contributed by atoms with Gasteiger partial charge >= 0.3 is 0 Å². The van der Waals surface area contributed by atoms with Gasteiger partial charge in [-0.2, -0.15) is 0 Å². The van der Waals surface area contributed by atoms with Gasteiger partial charge in [-0.3, -0.25) is 9.59 Å². The van der Waals surface area contributed by atoms with Crippen LogP contribution in [0.15, 0.2) is 15.9 Å². The minimum atomic E-state index is -0.465. The molecule has 0 aliphatic carbocycles. The zero-order chi connectivity index (χ0) is 14.7. The van der Waals surface area contributed by atoms with Gasteiger partial charge in [-0.1, -0.05) is 6.92 Å². The molecular weight excluding hydrogens is 340 g/mol. The topological polar surface area (TPSA) is 63.4 Å². The summed E-state index contributed by atoms with van der Waals surface area (Å²) in [6.07, 6.45) is 2.78. The van der Waals surface area contributed by atoms with E-state index in [2.05, 4.69) is 21.3 Å². The van der Waals surface area contributed by atoms with Gasteiger partial charge in [0.05, 0.1) is 0 Å². The van der Waals surface area contributed by atoms with Crippen LogP contribution in [-0.2, 0) is 9.59 Å². The third-order valence-corrected chi connectivity index (χ3v) is 5.89. The van der Waals surface area contributed by atoms with Gasteiger partial charge in [0.2, 0.25) is 11.8 Å². The summed E-state index contributed by atoms with van der Waals surface area (Å²) < 4.78 is 1.12. The summed E-state index contributed by atoms with van der Waals surface area (Å²) in [6, 6.07) is 1.58. The van der Waals surface area contributed by atoms with E-state index in [0.29, 0.717) is 25.3 Å². The van der Waals surface area contributed by atoms with E-state index in [1.165, 1.54) is 4.88 Å². The van der Waals surface area contributed by atoms with Gasteiger partial charge in [-0.15, -0.1) is 11.3 Å². The molecule has 0 saturated carbocycles. The highest BCUT2D eigenvalue weighted by molar-refractivity contribution is 9.10. The number of hydrogen-bond acceptors (Lipinski definition) is 3. The molecule has 1 fully saturated rings. The zero-order valence-corrected chi connectivity index (χ0v) is 13.9. The van der Waals surface area contributed by atoms with Crippen LogP contribution in [0.25, 0.3) is 0 Å². The van der Waals surface area contributed by atoms with Crippen molar-refractivity contribution in [2.75, 3.05) is 6.54 Å². The van der Waals surface area contributed by atoms with Crippen molar-refractivity contribution in [2.24, 2.45) is 5.73 Å². The molecule has 1 saturated heterocycles. The predicted octanol–water partition coefficient (Wildman–Crippen LogP) is 2.87. The van der Waals surface area contributed by atoms with E-state index in [9.17, 15) is 9.59 Å². The lowest BCUT2D eigenvalue weighted by Gasteiger charge is -2.27. The summed E-state index contributed by atoms with van der Waals surface area (Å²) in [7, 11) is 0. The van der Waals surface area contributed by atoms with Crippen molar-refractivity contribution >= 4 is 39.1 Å². The molecule has 1 aromatic heterocycles. The number of carbonyl (C=O) groups excluding carboxylic acids is 2. The molecule has 0 spiro atoms. The van der Waals surface area contributed by atoms with Crippen molar-refractivity contribution < 1.29 is 9.59 Å². The molecule has 110 valence electrons. The second kappa shape index (κ2) is 6.72. The summed E-state index contributed by atoms with van der Waals surface area (Å²) in [6.45, 7) is 2.50. The Bertz CT molecular complexity index is 503. The fourth-order valence-corrected chi connectivity index (χ4v) is 4.64. The monoisotopic (exact) mass is 358 g/mol. The quantitative estimate of drug-likeness (QED) is 0.899. The average Bonchev–Trinajstić information content (AvgIpc) is 2.74. The Balaban J connectivity index is 2.13. The molecule has 1 aliphatic rings. The summed E-state index contributed by atoms with van der Waals surface area (Å²) in [5, 5.41) is 2.06. The fraction of sp³-hybridized carbons (Fsp3) is 0.571. The molecule has 2 unspecified atom stereocenters. The largest absolute Gasteiger partial charge is 0.368 e. The smallest absolute Gasteiger partial charge is 0.240 e. The van der Waals surface area contributed by atoms with Gasteiger partial charge in [-0.05, 0) is 52.6 Å². The second-order valence-corrected chi connectivity index (χ2v) is 6.87. The first-order valence-electron chi connectivity index (χ1n) is 6.86. The fourth-order valence-electron chi connectivity index (χ4n) is 2.77. The van der Waals surface area contributed by atoms with Gasteiger partial charge in [0.1, 0.15) is 6.04 Å². The van der Waals surface area contributed by atoms with E-state index in [4.69, 9.17) is 5.73 Å². The van der Waals surface area contributed by atoms with Crippen molar-refractivity contribution in [3.8, 4) is 0 Å². The number of nitrogens with zero attached hydrogens (tertiary/aromatic N) is 1. The van der Waals surface area contributed by atoms with Gasteiger partial charge in [-0.25, -0.2) is 0 Å². The van der Waals surface area contributed by atoms with Gasteiger partial charge in [0, 0.05) is 22.3 Å². The minimum absolute atomic E-state index is 0.0471. The Labute approximate surface area is 131 Å². The number of hydrogen-bond donors (Lipinski definition) is 1. The number of thiophene rings is 1. The maximum absolute atomic E-state index is 12.2. The lowest BCUT2D eigenvalue weighted by atomic mass is 9.99. The van der Waals surface area contributed by atoms with Crippen LogP contribution in [0.2, 0.25) is 0 Å². The summed E-state index contributed by atoms with van der Waals surface area (Å²) >= 11 is 5.28. The van der Waals surface area contributed by atoms with Gasteiger partial charge in [0.25, 0.3) is 0 Å². The number of rotatable bonds is 4. The van der Waals surface area contributed by atoms with Crippen LogP contribution in [0, 0.1) is 0 Å². The molecule has 6 heteroatoms. The lowest BCUT2D eigenvalue weighted by molar-refractivity contribution is -0.139. The number of carbonyl (C=O) groups is 2. The van der Waals surface area contributed by atoms with Crippen molar-refractivity contribution in [3.63, 3.8) is 0 Å². The lowest BCUT2D eigenvalue weighted by Crippen LogP contribution is -2.47. The van der Waals surface area contributed by atoms with E-state index in [-0.39, 0.29) is 5.91 Å². The molecular formula is C14H19BrN2O2S. The van der Waals surface area contributed by atoms with Gasteiger partial charge in [0.15, 0.2) is 0 Å². The standard InChI is InChI=1S/C14H19BrN2O2S/c1-2-11(14(16)19)17-7-5-9(3-4-12(17)18)13-10(15)6-8-20-13/h6,8-9,11H,2-5,7H2,1H3,(H2,16,19). The summed E-state index contributed by atoms with van der Waals surface area (Å²) in [5.74, 6) is 0.0196. The SMILES string of the molecule is CCC(C(N)=O)N1CCC(c2sccc2Br)CCC1=O. The third-order valence-electron chi connectivity index (χ3n) is 3.85. The van der Waals surface area contributed by atoms with Crippen LogP contribution in [-0.4, -0.2) is 29.3 Å². The Morgan fingerprint density at radius 1 is 1.60 bits per heavy atom. The predicted molar refractivity (Wildman–Crippen MR) is 83.6 cm³/mol. The molecule has 1 aromatic rings. The first-order valence-corrected chi connectivity index (χ1v) is 8.53. The number of likely N-dealkylation sites (tertiary alicyclic amines) is 1. The first-order chi connectivity index (χ1) is 9.54. The van der Waals surface area contributed by atoms with Crippen LogP contribution in [0.3, 0.4) is 0 Å². The summed E-state index contributed by atoms with van der Waals surface area (Å²) in [4.78, 5) is 26.7. The van der Waals surface area contributed by atoms with Crippen molar-refractivity contribution in [2.45, 2.75) is 44.6 Å². The Morgan fingerprint density at radius 2 is 2.35 bits per heavy atom. The first kappa shape index (κ1) is 15.5. The molecule has 0 radical (unpaired) electrons. The number of primary amides is 1. The van der Waals surface area contributed by atoms with Crippen LogP contribution >= 0.6 is 27.3 Å². The third kappa shape index (κ3) is 3.23. The average molecular weight is 359 g/mol. The number of nitrogens with two attached hydrogens (primary N) is 1. The second-order valence-electron chi connectivity index (χ2n) is 5.07. The Kier molecular flexibility index (Phi) is 5.21. The van der Waals surface area contributed by atoms with Crippen molar-refractivity contribution in [1.29, 1.82) is 0 Å². The van der Waals surface area contributed by atoms with Crippen LogP contribution < -0.4 is 5.73 Å². The zero-order valence-electron chi connectivity index (χ0n) is 11.5. The highest BCUT2D eigenvalue weighted by atomic mass is 79.9. The number of halogens is 1. The maximum atomic E-state index is 12.2. The van der Waals surface area contributed by atoms with E-state index < -0.39 is 11.9 Å². The molecule has 2 rings (SSSR count). The molecule has 0 aromatic carbocycles. The molecule has 2 N–H and O–H groups in total. The highest BCUT2D eigenvalue weighted by Crippen LogP contribution is 2.37. The molecule has 4 nitrogen and oxygen atoms in total. The van der Waals surface area contributed by atoms with Crippen molar-refractivity contribution in [3.05, 3.63) is 20.8 Å². The minimum Gasteiger partial charge on any atom is -0.368 e. The normalized spacial score (nSPS) is 21.6. The maximum Gasteiger partial charge on any atom is 0.240 e. The Morgan fingerprint density at radius 3 is 2.90 bits per heavy atom.